The van der Waals surface area contributed by atoms with E-state index in [4.69, 9.17) is 0 Å². The number of unbranched alkanes of at least 4 members (excludes halogenated alkanes) is 3. The largest absolute Gasteiger partial charge is 0.504 e. The van der Waals surface area contributed by atoms with Crippen molar-refractivity contribution in [1.82, 2.24) is 0 Å². The van der Waals surface area contributed by atoms with Crippen LogP contribution in [0, 0.1) is 10.8 Å². The van der Waals surface area contributed by atoms with Crippen molar-refractivity contribution in [3.63, 3.8) is 0 Å². The van der Waals surface area contributed by atoms with E-state index in [-0.39, 0.29) is 11.5 Å². The molecule has 3 rings (SSSR count). The van der Waals surface area contributed by atoms with E-state index in [0.29, 0.717) is 10.8 Å². The molecule has 0 spiro atoms. The summed E-state index contributed by atoms with van der Waals surface area (Å²) in [5.74, 6) is 0.0785. The molecule has 1 aromatic rings. The molecule has 0 bridgehead atoms. The van der Waals surface area contributed by atoms with E-state index in [0.717, 1.165) is 12.8 Å². The van der Waals surface area contributed by atoms with Crippen LogP contribution in [0.4, 0.5) is 0 Å². The molecule has 2 saturated carbocycles. The van der Waals surface area contributed by atoms with Crippen molar-refractivity contribution in [3.05, 3.63) is 23.3 Å². The summed E-state index contributed by atoms with van der Waals surface area (Å²) >= 11 is 0. The molecule has 0 saturated heterocycles. The molecular formula is C24H38O2. The van der Waals surface area contributed by atoms with Gasteiger partial charge in [-0.2, -0.15) is 0 Å². The van der Waals surface area contributed by atoms with Crippen molar-refractivity contribution in [2.75, 3.05) is 0 Å². The Hall–Kier alpha value is -1.18. The van der Waals surface area contributed by atoms with E-state index >= 15 is 0 Å². The molecule has 26 heavy (non-hydrogen) atoms. The van der Waals surface area contributed by atoms with Gasteiger partial charge in [0.2, 0.25) is 0 Å². The molecule has 0 atom stereocenters. The van der Waals surface area contributed by atoms with E-state index in [9.17, 15) is 10.2 Å². The van der Waals surface area contributed by atoms with Crippen LogP contribution >= 0.6 is 0 Å². The zero-order valence-electron chi connectivity index (χ0n) is 16.9. The van der Waals surface area contributed by atoms with Crippen LogP contribution in [0.3, 0.4) is 0 Å². The normalized spacial score (nSPS) is 19.5. The van der Waals surface area contributed by atoms with Crippen molar-refractivity contribution < 1.29 is 10.2 Å². The first-order chi connectivity index (χ1) is 12.5. The molecular weight excluding hydrogens is 320 g/mol. The van der Waals surface area contributed by atoms with Gasteiger partial charge in [0, 0.05) is 0 Å². The maximum atomic E-state index is 9.91. The summed E-state index contributed by atoms with van der Waals surface area (Å²) in [6, 6.07) is 3.61. The molecule has 1 aromatic carbocycles. The van der Waals surface area contributed by atoms with Gasteiger partial charge in [0.15, 0.2) is 11.5 Å². The van der Waals surface area contributed by atoms with Gasteiger partial charge in [0.05, 0.1) is 0 Å². The Bertz CT molecular complexity index is 596. The Morgan fingerprint density at radius 3 is 1.81 bits per heavy atom. The molecule has 0 aliphatic heterocycles. The van der Waals surface area contributed by atoms with Crippen LogP contribution < -0.4 is 0 Å². The predicted molar refractivity (Wildman–Crippen MR) is 109 cm³/mol. The Kier molecular flexibility index (Phi) is 6.20. The summed E-state index contributed by atoms with van der Waals surface area (Å²) < 4.78 is 0. The van der Waals surface area contributed by atoms with Gasteiger partial charge in [-0.25, -0.2) is 0 Å². The monoisotopic (exact) mass is 358 g/mol. The van der Waals surface area contributed by atoms with Crippen LogP contribution in [0.2, 0.25) is 0 Å². The zero-order chi connectivity index (χ0) is 18.6. The van der Waals surface area contributed by atoms with Crippen LogP contribution in [0.5, 0.6) is 11.5 Å². The van der Waals surface area contributed by atoms with Crippen LogP contribution in [-0.4, -0.2) is 10.2 Å². The van der Waals surface area contributed by atoms with Crippen molar-refractivity contribution in [2.24, 2.45) is 10.8 Å². The maximum absolute atomic E-state index is 9.91. The van der Waals surface area contributed by atoms with Crippen LogP contribution in [0.15, 0.2) is 12.1 Å². The molecule has 2 heteroatoms. The van der Waals surface area contributed by atoms with E-state index in [1.165, 1.54) is 88.2 Å². The standard InChI is InChI=1S/C24H38O2/c1-3-24(15-16-24)12-8-6-10-20-18-22(26)21(25)17-19(20)9-5-4-7-11-23(2)13-14-23/h17-18,25-26H,3-16H2,1-2H3. The number of aryl methyl sites for hydroxylation is 2. The van der Waals surface area contributed by atoms with Crippen LogP contribution in [0.25, 0.3) is 0 Å². The minimum absolute atomic E-state index is 0.0390. The zero-order valence-corrected chi connectivity index (χ0v) is 16.9. The van der Waals surface area contributed by atoms with Crippen molar-refractivity contribution in [1.29, 1.82) is 0 Å². The third-order valence-electron chi connectivity index (χ3n) is 7.24. The third kappa shape index (κ3) is 5.41. The number of rotatable bonds is 12. The molecule has 0 heterocycles. The van der Waals surface area contributed by atoms with Gasteiger partial charge < -0.3 is 10.2 Å². The van der Waals surface area contributed by atoms with Crippen molar-refractivity contribution in [3.8, 4) is 11.5 Å². The highest BCUT2D eigenvalue weighted by Crippen LogP contribution is 2.52. The fourth-order valence-corrected chi connectivity index (χ4v) is 4.41. The summed E-state index contributed by atoms with van der Waals surface area (Å²) in [4.78, 5) is 0. The Balaban J connectivity index is 1.45. The van der Waals surface area contributed by atoms with Gasteiger partial charge >= 0.3 is 0 Å². The number of hydrogen-bond donors (Lipinski definition) is 2. The highest BCUT2D eigenvalue weighted by molar-refractivity contribution is 5.45. The molecule has 0 aromatic heterocycles. The lowest BCUT2D eigenvalue weighted by atomic mass is 9.92. The maximum Gasteiger partial charge on any atom is 0.157 e. The molecule has 2 aliphatic rings. The number of phenolic OH excluding ortho intramolecular Hbond substituents is 2. The fourth-order valence-electron chi connectivity index (χ4n) is 4.41. The second kappa shape index (κ2) is 8.23. The molecule has 146 valence electrons. The predicted octanol–water partition coefficient (Wildman–Crippen LogP) is 6.90. The SMILES string of the molecule is CCC1(CCCCc2cc(O)c(O)cc2CCCCCC2(C)CC2)CC1. The van der Waals surface area contributed by atoms with Crippen molar-refractivity contribution >= 4 is 0 Å². The quantitative estimate of drug-likeness (QED) is 0.315. The first kappa shape index (κ1) is 19.6. The van der Waals surface area contributed by atoms with Gasteiger partial charge in [-0.15, -0.1) is 0 Å². The fraction of sp³-hybridized carbons (Fsp3) is 0.750. The number of hydrogen-bond acceptors (Lipinski definition) is 2. The molecule has 0 amide bonds. The van der Waals surface area contributed by atoms with Gasteiger partial charge in [-0.1, -0.05) is 39.5 Å². The van der Waals surface area contributed by atoms with Gasteiger partial charge in [-0.05, 0) is 98.3 Å². The minimum atomic E-state index is 0.0390. The molecule has 0 radical (unpaired) electrons. The first-order valence-corrected chi connectivity index (χ1v) is 11.0. The summed E-state index contributed by atoms with van der Waals surface area (Å²) in [5.41, 5.74) is 3.84. The second-order valence-corrected chi connectivity index (χ2v) is 9.54. The van der Waals surface area contributed by atoms with E-state index in [1.807, 2.05) is 6.07 Å². The smallest absolute Gasteiger partial charge is 0.157 e. The molecule has 2 fully saturated rings. The van der Waals surface area contributed by atoms with E-state index in [2.05, 4.69) is 13.8 Å². The molecule has 0 unspecified atom stereocenters. The first-order valence-electron chi connectivity index (χ1n) is 11.0. The molecule has 2 N–H and O–H groups in total. The Labute approximate surface area is 160 Å². The number of aromatic hydroxyl groups is 2. The average Bonchev–Trinajstić information content (AvgIpc) is 3.54. The van der Waals surface area contributed by atoms with Crippen LogP contribution in [-0.2, 0) is 12.8 Å². The number of phenols is 2. The molecule has 2 aliphatic carbocycles. The van der Waals surface area contributed by atoms with Crippen LogP contribution in [0.1, 0.15) is 102 Å². The average molecular weight is 359 g/mol. The van der Waals surface area contributed by atoms with E-state index in [1.54, 1.807) is 6.07 Å². The lowest BCUT2D eigenvalue weighted by Crippen LogP contribution is -2.00. The highest BCUT2D eigenvalue weighted by Gasteiger charge is 2.39. The highest BCUT2D eigenvalue weighted by atomic mass is 16.3. The number of benzene rings is 1. The van der Waals surface area contributed by atoms with Gasteiger partial charge in [0.25, 0.3) is 0 Å². The summed E-state index contributed by atoms with van der Waals surface area (Å²) in [5, 5.41) is 19.8. The van der Waals surface area contributed by atoms with Gasteiger partial charge in [-0.3, -0.25) is 0 Å². The second-order valence-electron chi connectivity index (χ2n) is 9.54. The summed E-state index contributed by atoms with van der Waals surface area (Å²) in [6.07, 6.45) is 18.1. The summed E-state index contributed by atoms with van der Waals surface area (Å²) in [6.45, 7) is 4.74. The topological polar surface area (TPSA) is 40.5 Å². The lowest BCUT2D eigenvalue weighted by Gasteiger charge is -2.14. The van der Waals surface area contributed by atoms with E-state index < -0.39 is 0 Å². The third-order valence-corrected chi connectivity index (χ3v) is 7.24. The van der Waals surface area contributed by atoms with Gasteiger partial charge in [0.1, 0.15) is 0 Å². The Morgan fingerprint density at radius 1 is 0.769 bits per heavy atom. The molecule has 2 nitrogen and oxygen atoms in total. The lowest BCUT2D eigenvalue weighted by molar-refractivity contribution is 0.401. The minimum Gasteiger partial charge on any atom is -0.504 e. The Morgan fingerprint density at radius 2 is 1.31 bits per heavy atom. The van der Waals surface area contributed by atoms with Crippen molar-refractivity contribution in [2.45, 2.75) is 104 Å². The summed E-state index contributed by atoms with van der Waals surface area (Å²) in [7, 11) is 0.